The van der Waals surface area contributed by atoms with Gasteiger partial charge in [0.1, 0.15) is 5.82 Å². The first kappa shape index (κ1) is 8.56. The van der Waals surface area contributed by atoms with E-state index in [9.17, 15) is 13.2 Å². The molecule has 0 amide bonds. The maximum atomic E-state index is 13.5. The van der Waals surface area contributed by atoms with Crippen LogP contribution in [0.25, 0.3) is 0 Å². The van der Waals surface area contributed by atoms with Gasteiger partial charge in [-0.3, -0.25) is 0 Å². The number of halogens is 4. The Hall–Kier alpha value is -0.740. The van der Waals surface area contributed by atoms with Crippen molar-refractivity contribution < 1.29 is 17.3 Å². The first-order valence-electron chi connectivity index (χ1n) is 5.07. The second-order valence-electron chi connectivity index (χ2n) is 2.53. The van der Waals surface area contributed by atoms with E-state index >= 15 is 0 Å². The van der Waals surface area contributed by atoms with Crippen LogP contribution in [0.15, 0.2) is 18.2 Å². The van der Waals surface area contributed by atoms with E-state index in [1.54, 1.807) is 0 Å². The summed E-state index contributed by atoms with van der Waals surface area (Å²) in [5.41, 5.74) is 4.04. The lowest BCUT2D eigenvalue weighted by Gasteiger charge is -2.09. The Morgan fingerprint density at radius 3 is 2.43 bits per heavy atom. The molecule has 0 saturated carbocycles. The molecule has 0 aliphatic rings. The molecule has 1 aromatic rings. The minimum atomic E-state index is -3.00. The van der Waals surface area contributed by atoms with Gasteiger partial charge in [-0.1, -0.05) is 18.2 Å². The predicted octanol–water partition coefficient (Wildman–Crippen LogP) is 3.20. The number of rotatable bonds is 2. The first-order valence-corrected chi connectivity index (χ1v) is 3.57. The Bertz CT molecular complexity index is 384. The van der Waals surface area contributed by atoms with Gasteiger partial charge in [-0.25, -0.2) is 13.2 Å². The van der Waals surface area contributed by atoms with Gasteiger partial charge in [0.25, 0.3) is 6.43 Å². The zero-order chi connectivity index (χ0) is 12.5. The van der Waals surface area contributed by atoms with E-state index in [1.165, 1.54) is 0 Å². The third-order valence-corrected chi connectivity index (χ3v) is 1.63. The topological polar surface area (TPSA) is 26.0 Å². The molecule has 0 radical (unpaired) electrons. The first-order chi connectivity index (χ1) is 7.25. The standard InChI is InChI=1S/C9H10F3N.ClH/c1-5(13)6-3-2-4-7(8(6)10)9(11)12;/h2-5,9H,13H2,1H3;1H/t5-;/m1./s1/i1D3;. The largest absolute Gasteiger partial charge is 0.324 e. The Morgan fingerprint density at radius 2 is 1.93 bits per heavy atom. The molecule has 0 spiro atoms. The lowest BCUT2D eigenvalue weighted by Crippen LogP contribution is -2.09. The molecule has 0 saturated heterocycles. The molecular formula is C9H11ClF3N. The molecule has 5 heteroatoms. The Balaban J connectivity index is 0.00000256. The monoisotopic (exact) mass is 228 g/mol. The zero-order valence-electron chi connectivity index (χ0n) is 10.0. The molecule has 1 rings (SSSR count). The molecule has 0 fully saturated rings. The van der Waals surface area contributed by atoms with Crippen LogP contribution < -0.4 is 5.73 Å². The number of benzene rings is 1. The fraction of sp³-hybridized carbons (Fsp3) is 0.333. The van der Waals surface area contributed by atoms with Gasteiger partial charge in [-0.05, 0) is 6.85 Å². The molecule has 1 nitrogen and oxygen atoms in total. The van der Waals surface area contributed by atoms with Crippen LogP contribution in [-0.2, 0) is 0 Å². The second-order valence-corrected chi connectivity index (χ2v) is 2.53. The van der Waals surface area contributed by atoms with E-state index in [-0.39, 0.29) is 12.4 Å². The maximum Gasteiger partial charge on any atom is 0.266 e. The SMILES string of the molecule is Cl.[2H]C([2H])([2H])[C@@H](N)c1cccc(C(F)F)c1F. The Labute approximate surface area is 90.7 Å². The summed E-state index contributed by atoms with van der Waals surface area (Å²) in [5, 5.41) is 0. The third-order valence-electron chi connectivity index (χ3n) is 1.63. The Kier molecular flexibility index (Phi) is 3.19. The van der Waals surface area contributed by atoms with Crippen LogP contribution in [0.3, 0.4) is 0 Å². The van der Waals surface area contributed by atoms with Crippen molar-refractivity contribution in [1.82, 2.24) is 0 Å². The average molecular weight is 229 g/mol. The zero-order valence-corrected chi connectivity index (χ0v) is 7.82. The van der Waals surface area contributed by atoms with E-state index in [0.29, 0.717) is 0 Å². The highest BCUT2D eigenvalue weighted by molar-refractivity contribution is 5.85. The van der Waals surface area contributed by atoms with Crippen LogP contribution in [0, 0.1) is 5.82 Å². The lowest BCUT2D eigenvalue weighted by molar-refractivity contribution is 0.146. The molecule has 80 valence electrons. The minimum Gasteiger partial charge on any atom is -0.324 e. The summed E-state index contributed by atoms with van der Waals surface area (Å²) in [5.74, 6) is -1.25. The minimum absolute atomic E-state index is 0. The molecule has 1 aromatic carbocycles. The highest BCUT2D eigenvalue weighted by Crippen LogP contribution is 2.26. The van der Waals surface area contributed by atoms with Crippen molar-refractivity contribution in [1.29, 1.82) is 0 Å². The summed E-state index contributed by atoms with van der Waals surface area (Å²) < 4.78 is 59.2. The van der Waals surface area contributed by atoms with Gasteiger partial charge in [0, 0.05) is 15.7 Å². The summed E-state index contributed by atoms with van der Waals surface area (Å²) in [6.07, 6.45) is -3.00. The van der Waals surface area contributed by atoms with Crippen LogP contribution in [-0.4, -0.2) is 0 Å². The van der Waals surface area contributed by atoms with Gasteiger partial charge >= 0.3 is 0 Å². The normalized spacial score (nSPS) is 16.5. The summed E-state index contributed by atoms with van der Waals surface area (Å²) in [6.45, 7) is -2.62. The van der Waals surface area contributed by atoms with E-state index in [4.69, 9.17) is 9.85 Å². The van der Waals surface area contributed by atoms with Crippen LogP contribution >= 0.6 is 12.4 Å². The van der Waals surface area contributed by atoms with Gasteiger partial charge in [0.2, 0.25) is 0 Å². The molecule has 0 aliphatic heterocycles. The van der Waals surface area contributed by atoms with Crippen LogP contribution in [0.5, 0.6) is 0 Å². The van der Waals surface area contributed by atoms with E-state index in [0.717, 1.165) is 18.2 Å². The van der Waals surface area contributed by atoms with Crippen molar-refractivity contribution in [3.8, 4) is 0 Å². The molecule has 0 aliphatic carbocycles. The molecule has 14 heavy (non-hydrogen) atoms. The number of nitrogens with two attached hydrogens (primary N) is 1. The van der Waals surface area contributed by atoms with Crippen molar-refractivity contribution in [2.45, 2.75) is 19.3 Å². The van der Waals surface area contributed by atoms with Gasteiger partial charge in [0.15, 0.2) is 0 Å². The predicted molar refractivity (Wildman–Crippen MR) is 51.2 cm³/mol. The van der Waals surface area contributed by atoms with E-state index in [1.807, 2.05) is 0 Å². The maximum absolute atomic E-state index is 13.5. The van der Waals surface area contributed by atoms with E-state index < -0.39 is 36.3 Å². The summed E-state index contributed by atoms with van der Waals surface area (Å²) in [4.78, 5) is 0. The highest BCUT2D eigenvalue weighted by Gasteiger charge is 2.17. The van der Waals surface area contributed by atoms with Gasteiger partial charge in [-0.15, -0.1) is 12.4 Å². The van der Waals surface area contributed by atoms with Gasteiger partial charge in [-0.2, -0.15) is 0 Å². The van der Waals surface area contributed by atoms with Crippen molar-refractivity contribution in [3.05, 3.63) is 35.1 Å². The van der Waals surface area contributed by atoms with Crippen molar-refractivity contribution in [2.75, 3.05) is 0 Å². The summed E-state index contributed by atoms with van der Waals surface area (Å²) >= 11 is 0. The molecule has 0 bridgehead atoms. The summed E-state index contributed by atoms with van der Waals surface area (Å²) in [7, 11) is 0. The summed E-state index contributed by atoms with van der Waals surface area (Å²) in [6, 6.07) is 1.55. The third kappa shape index (κ3) is 2.62. The molecular weight excluding hydrogens is 215 g/mol. The molecule has 0 unspecified atom stereocenters. The molecule has 2 N–H and O–H groups in total. The van der Waals surface area contributed by atoms with Crippen LogP contribution in [0.2, 0.25) is 0 Å². The molecule has 0 aromatic heterocycles. The van der Waals surface area contributed by atoms with Crippen LogP contribution in [0.4, 0.5) is 13.2 Å². The lowest BCUT2D eigenvalue weighted by atomic mass is 10.0. The van der Waals surface area contributed by atoms with Crippen molar-refractivity contribution >= 4 is 12.4 Å². The van der Waals surface area contributed by atoms with Gasteiger partial charge < -0.3 is 5.73 Å². The number of hydrogen-bond donors (Lipinski definition) is 1. The smallest absolute Gasteiger partial charge is 0.266 e. The number of hydrogen-bond acceptors (Lipinski definition) is 1. The fourth-order valence-electron chi connectivity index (χ4n) is 0.977. The van der Waals surface area contributed by atoms with Crippen molar-refractivity contribution in [2.24, 2.45) is 5.73 Å². The number of alkyl halides is 2. The van der Waals surface area contributed by atoms with Crippen molar-refractivity contribution in [3.63, 3.8) is 0 Å². The second kappa shape index (κ2) is 5.22. The Morgan fingerprint density at radius 1 is 1.36 bits per heavy atom. The molecule has 1 atom stereocenters. The average Bonchev–Trinajstić information content (AvgIpc) is 2.15. The van der Waals surface area contributed by atoms with Crippen LogP contribution in [0.1, 0.15) is 34.6 Å². The quantitative estimate of drug-likeness (QED) is 0.827. The van der Waals surface area contributed by atoms with E-state index in [2.05, 4.69) is 0 Å². The fourth-order valence-corrected chi connectivity index (χ4v) is 0.977. The highest BCUT2D eigenvalue weighted by atomic mass is 35.5. The molecule has 0 heterocycles. The van der Waals surface area contributed by atoms with Gasteiger partial charge in [0.05, 0.1) is 5.56 Å².